The minimum atomic E-state index is -4.96. The van der Waals surface area contributed by atoms with Gasteiger partial charge in [-0.15, -0.1) is 0 Å². The second-order valence-electron chi connectivity index (χ2n) is 9.10. The fourth-order valence-corrected chi connectivity index (χ4v) is 4.96. The van der Waals surface area contributed by atoms with Gasteiger partial charge in [-0.1, -0.05) is 19.9 Å². The lowest BCUT2D eigenvalue weighted by Crippen LogP contribution is -2.58. The highest BCUT2D eigenvalue weighted by molar-refractivity contribution is 5.91. The van der Waals surface area contributed by atoms with Crippen LogP contribution in [0.25, 0.3) is 10.9 Å². The summed E-state index contributed by atoms with van der Waals surface area (Å²) in [5.74, 6) is 0.508. The van der Waals surface area contributed by atoms with Gasteiger partial charge < -0.3 is 19.9 Å². The van der Waals surface area contributed by atoms with Crippen LogP contribution in [0.1, 0.15) is 43.3 Å². The number of hydrogen-bond donors (Lipinski definition) is 2. The van der Waals surface area contributed by atoms with Gasteiger partial charge in [0.25, 0.3) is 0 Å². The highest BCUT2D eigenvalue weighted by Crippen LogP contribution is 2.58. The Hall–Kier alpha value is -3.14. The molecular formula is C23H21F4N3O3. The number of rotatable bonds is 2. The topological polar surface area (TPSA) is 76.5 Å². The summed E-state index contributed by atoms with van der Waals surface area (Å²) in [5.41, 5.74) is -3.30. The van der Waals surface area contributed by atoms with Crippen molar-refractivity contribution in [1.82, 2.24) is 9.97 Å². The van der Waals surface area contributed by atoms with Crippen molar-refractivity contribution in [3.05, 3.63) is 53.2 Å². The molecule has 2 heterocycles. The van der Waals surface area contributed by atoms with E-state index >= 15 is 0 Å². The lowest BCUT2D eigenvalue weighted by Gasteiger charge is -2.49. The number of hydrogen-bond acceptors (Lipinski definition) is 6. The average molecular weight is 463 g/mol. The molecule has 174 valence electrons. The van der Waals surface area contributed by atoms with Crippen molar-refractivity contribution in [1.29, 1.82) is 0 Å². The van der Waals surface area contributed by atoms with Gasteiger partial charge in [0.1, 0.15) is 17.2 Å². The Morgan fingerprint density at radius 1 is 1.15 bits per heavy atom. The SMILES string of the molecule is Cc1ncc2c(NC3c4ccc5c(c4C(C)(C)CC3(O)C(F)(F)F)OCO5)ccc(F)c2n1. The first-order valence-corrected chi connectivity index (χ1v) is 10.3. The molecule has 1 aromatic heterocycles. The van der Waals surface area contributed by atoms with Crippen LogP contribution < -0.4 is 14.8 Å². The average Bonchev–Trinajstić information content (AvgIpc) is 3.19. The van der Waals surface area contributed by atoms with Gasteiger partial charge in [0.2, 0.25) is 6.79 Å². The van der Waals surface area contributed by atoms with Crippen LogP contribution in [0, 0.1) is 12.7 Å². The highest BCUT2D eigenvalue weighted by atomic mass is 19.4. The first-order chi connectivity index (χ1) is 15.4. The first kappa shape index (κ1) is 21.7. The monoisotopic (exact) mass is 463 g/mol. The number of alkyl halides is 3. The zero-order valence-corrected chi connectivity index (χ0v) is 18.0. The number of anilines is 1. The Balaban J connectivity index is 1.73. The first-order valence-electron chi connectivity index (χ1n) is 10.3. The molecular weight excluding hydrogens is 442 g/mol. The molecule has 5 rings (SSSR count). The summed E-state index contributed by atoms with van der Waals surface area (Å²) in [7, 11) is 0. The molecule has 0 amide bonds. The molecule has 2 aliphatic rings. The quantitative estimate of drug-likeness (QED) is 0.525. The normalized spacial score (nSPS) is 23.5. The van der Waals surface area contributed by atoms with Crippen molar-refractivity contribution < 1.29 is 32.1 Å². The molecule has 0 bridgehead atoms. The van der Waals surface area contributed by atoms with Gasteiger partial charge in [0, 0.05) is 22.8 Å². The van der Waals surface area contributed by atoms with E-state index in [9.17, 15) is 22.7 Å². The van der Waals surface area contributed by atoms with E-state index in [1.54, 1.807) is 20.8 Å². The van der Waals surface area contributed by atoms with Crippen molar-refractivity contribution in [2.24, 2.45) is 0 Å². The zero-order chi connectivity index (χ0) is 23.8. The molecule has 0 saturated heterocycles. The lowest BCUT2D eigenvalue weighted by atomic mass is 9.63. The number of nitrogens with zero attached hydrogens (tertiary/aromatic N) is 2. The van der Waals surface area contributed by atoms with Gasteiger partial charge in [-0.2, -0.15) is 13.2 Å². The Morgan fingerprint density at radius 2 is 1.91 bits per heavy atom. The molecule has 0 saturated carbocycles. The fourth-order valence-electron chi connectivity index (χ4n) is 4.96. The number of ether oxygens (including phenoxy) is 2. The van der Waals surface area contributed by atoms with E-state index in [1.807, 2.05) is 0 Å². The molecule has 33 heavy (non-hydrogen) atoms. The summed E-state index contributed by atoms with van der Waals surface area (Å²) in [6.07, 6.45) is -4.23. The highest BCUT2D eigenvalue weighted by Gasteiger charge is 2.64. The molecule has 1 aliphatic heterocycles. The molecule has 10 heteroatoms. The van der Waals surface area contributed by atoms with Gasteiger partial charge in [0.05, 0.1) is 6.04 Å². The summed E-state index contributed by atoms with van der Waals surface area (Å²) in [6.45, 7) is 4.81. The Morgan fingerprint density at radius 3 is 2.64 bits per heavy atom. The Kier molecular flexibility index (Phi) is 4.55. The minimum Gasteiger partial charge on any atom is -0.454 e. The molecule has 3 aromatic rings. The van der Waals surface area contributed by atoms with Crippen molar-refractivity contribution in [2.75, 3.05) is 12.1 Å². The molecule has 0 spiro atoms. The van der Waals surface area contributed by atoms with Crippen LogP contribution in [-0.4, -0.2) is 33.6 Å². The van der Waals surface area contributed by atoms with Crippen LogP contribution in [-0.2, 0) is 5.41 Å². The van der Waals surface area contributed by atoms with E-state index < -0.39 is 35.5 Å². The van der Waals surface area contributed by atoms with Crippen LogP contribution in [0.4, 0.5) is 23.2 Å². The van der Waals surface area contributed by atoms with Crippen molar-refractivity contribution >= 4 is 16.6 Å². The van der Waals surface area contributed by atoms with E-state index in [0.717, 1.165) is 6.07 Å². The van der Waals surface area contributed by atoms with Crippen molar-refractivity contribution in [2.45, 2.75) is 50.4 Å². The maximum absolute atomic E-state index is 14.4. The van der Waals surface area contributed by atoms with E-state index in [4.69, 9.17) is 9.47 Å². The molecule has 0 radical (unpaired) electrons. The maximum Gasteiger partial charge on any atom is 0.419 e. The molecule has 2 atom stereocenters. The molecule has 2 N–H and O–H groups in total. The van der Waals surface area contributed by atoms with Gasteiger partial charge in [-0.05, 0) is 42.5 Å². The minimum absolute atomic E-state index is 0.0231. The summed E-state index contributed by atoms with van der Waals surface area (Å²) >= 11 is 0. The van der Waals surface area contributed by atoms with Crippen LogP contribution in [0.15, 0.2) is 30.5 Å². The predicted octanol–water partition coefficient (Wildman–Crippen LogP) is 4.93. The number of halogens is 4. The van der Waals surface area contributed by atoms with Crippen LogP contribution in [0.2, 0.25) is 0 Å². The second-order valence-corrected chi connectivity index (χ2v) is 9.10. The van der Waals surface area contributed by atoms with Crippen molar-refractivity contribution in [3.63, 3.8) is 0 Å². The van der Waals surface area contributed by atoms with Crippen LogP contribution >= 0.6 is 0 Å². The van der Waals surface area contributed by atoms with E-state index in [2.05, 4.69) is 15.3 Å². The molecule has 0 fully saturated rings. The Labute approximate surface area is 186 Å². The zero-order valence-electron chi connectivity index (χ0n) is 18.0. The number of fused-ring (bicyclic) bond motifs is 4. The van der Waals surface area contributed by atoms with E-state index in [-0.39, 0.29) is 28.9 Å². The van der Waals surface area contributed by atoms with Crippen LogP contribution in [0.5, 0.6) is 11.5 Å². The van der Waals surface area contributed by atoms with Gasteiger partial charge >= 0.3 is 6.18 Å². The lowest BCUT2D eigenvalue weighted by molar-refractivity contribution is -0.275. The predicted molar refractivity (Wildman–Crippen MR) is 112 cm³/mol. The van der Waals surface area contributed by atoms with Crippen LogP contribution in [0.3, 0.4) is 0 Å². The molecule has 2 aromatic carbocycles. The summed E-state index contributed by atoms with van der Waals surface area (Å²) < 4.78 is 68.6. The second kappa shape index (κ2) is 6.93. The summed E-state index contributed by atoms with van der Waals surface area (Å²) in [6, 6.07) is 3.87. The van der Waals surface area contributed by atoms with Gasteiger partial charge in [-0.25, -0.2) is 14.4 Å². The molecule has 2 unspecified atom stereocenters. The number of aromatic nitrogens is 2. The third kappa shape index (κ3) is 3.18. The number of aliphatic hydroxyl groups is 1. The van der Waals surface area contributed by atoms with E-state index in [1.165, 1.54) is 24.4 Å². The fraction of sp³-hybridized carbons (Fsp3) is 0.391. The summed E-state index contributed by atoms with van der Waals surface area (Å²) in [4.78, 5) is 8.14. The number of aryl methyl sites for hydroxylation is 1. The van der Waals surface area contributed by atoms with Crippen molar-refractivity contribution in [3.8, 4) is 11.5 Å². The van der Waals surface area contributed by atoms with Gasteiger partial charge in [-0.3, -0.25) is 0 Å². The van der Waals surface area contributed by atoms with E-state index in [0.29, 0.717) is 22.9 Å². The third-order valence-electron chi connectivity index (χ3n) is 6.36. The smallest absolute Gasteiger partial charge is 0.419 e. The molecule has 1 aliphatic carbocycles. The maximum atomic E-state index is 14.4. The number of nitrogens with one attached hydrogen (secondary N) is 1. The Bertz CT molecular complexity index is 1280. The number of benzene rings is 2. The van der Waals surface area contributed by atoms with Gasteiger partial charge in [0.15, 0.2) is 17.1 Å². The molecule has 6 nitrogen and oxygen atoms in total. The largest absolute Gasteiger partial charge is 0.454 e. The third-order valence-corrected chi connectivity index (χ3v) is 6.36. The summed E-state index contributed by atoms with van der Waals surface area (Å²) in [5, 5.41) is 14.2. The standard InChI is InChI=1S/C23H21F4N3O3/c1-11-28-8-13-15(6-5-14(24)18(13)29-11)30-20-12-4-7-16-19(33-10-32-16)17(12)21(2,3)9-22(20,31)23(25,26)27/h4-8,20,30-31H,9-10H2,1-3H3.